The number of hydrogen-bond acceptors (Lipinski definition) is 10. The number of nitrogens with one attached hydrogen (secondary N) is 1. The van der Waals surface area contributed by atoms with Crippen LogP contribution >= 0.6 is 0 Å². The Hall–Kier alpha value is -3.37. The molecule has 1 fully saturated rings. The highest BCUT2D eigenvalue weighted by Gasteiger charge is 2.41. The first-order valence-corrected chi connectivity index (χ1v) is 10.8. The molecule has 1 saturated heterocycles. The maximum absolute atomic E-state index is 12.7. The van der Waals surface area contributed by atoms with Crippen molar-refractivity contribution in [2.24, 2.45) is 11.8 Å². The molecular weight excluding hydrogens is 436 g/mol. The smallest absolute Gasteiger partial charge is 0.332 e. The van der Waals surface area contributed by atoms with Crippen LogP contribution in [0.15, 0.2) is 12.3 Å². The number of cyclic esters (lactones) is 2. The largest absolute Gasteiger partial charge is 0.503 e. The highest BCUT2D eigenvalue weighted by atomic mass is 16.6. The number of carbonyl (C=O) groups excluding carboxylic acids is 4. The van der Waals surface area contributed by atoms with Crippen molar-refractivity contribution in [1.29, 1.82) is 0 Å². The Morgan fingerprint density at radius 2 is 1.97 bits per heavy atom. The lowest BCUT2D eigenvalue weighted by Gasteiger charge is -2.29. The van der Waals surface area contributed by atoms with Crippen LogP contribution in [0.4, 0.5) is 0 Å². The number of pyridine rings is 1. The molecule has 11 nitrogen and oxygen atoms in total. The first kappa shape index (κ1) is 25.9. The first-order valence-electron chi connectivity index (χ1n) is 10.8. The zero-order chi connectivity index (χ0) is 24.7. The van der Waals surface area contributed by atoms with Crippen LogP contribution in [0.3, 0.4) is 0 Å². The highest BCUT2D eigenvalue weighted by Crippen LogP contribution is 2.28. The summed E-state index contributed by atoms with van der Waals surface area (Å²) in [5.41, 5.74) is -0.372. The van der Waals surface area contributed by atoms with Crippen molar-refractivity contribution in [1.82, 2.24) is 10.3 Å². The van der Waals surface area contributed by atoms with E-state index in [2.05, 4.69) is 10.3 Å². The van der Waals surface area contributed by atoms with Gasteiger partial charge in [0.1, 0.15) is 12.7 Å². The molecule has 0 aromatic carbocycles. The van der Waals surface area contributed by atoms with Crippen LogP contribution in [0.1, 0.15) is 51.5 Å². The molecule has 1 amide bonds. The Morgan fingerprint density at radius 3 is 2.58 bits per heavy atom. The van der Waals surface area contributed by atoms with Gasteiger partial charge in [0.05, 0.1) is 18.4 Å². The number of aromatic nitrogens is 1. The lowest BCUT2D eigenvalue weighted by Crippen LogP contribution is -2.46. The summed E-state index contributed by atoms with van der Waals surface area (Å²) >= 11 is 0. The van der Waals surface area contributed by atoms with Gasteiger partial charge in [-0.2, -0.15) is 0 Å². The zero-order valence-electron chi connectivity index (χ0n) is 19.3. The quantitative estimate of drug-likeness (QED) is 0.445. The topological polar surface area (TPSA) is 150 Å². The number of aromatic hydroxyl groups is 1. The molecule has 4 atom stereocenters. The minimum absolute atomic E-state index is 0.0512. The Labute approximate surface area is 191 Å². The summed E-state index contributed by atoms with van der Waals surface area (Å²) in [7, 11) is 0. The van der Waals surface area contributed by atoms with Crippen molar-refractivity contribution < 1.29 is 43.2 Å². The third-order valence-electron chi connectivity index (χ3n) is 5.01. The van der Waals surface area contributed by atoms with Gasteiger partial charge in [-0.1, -0.05) is 20.8 Å². The van der Waals surface area contributed by atoms with Gasteiger partial charge < -0.3 is 29.4 Å². The fourth-order valence-electron chi connectivity index (χ4n) is 3.18. The van der Waals surface area contributed by atoms with Gasteiger partial charge >= 0.3 is 17.9 Å². The third kappa shape index (κ3) is 6.33. The minimum Gasteiger partial charge on any atom is -0.503 e. The van der Waals surface area contributed by atoms with Crippen molar-refractivity contribution in [3.8, 4) is 11.5 Å². The van der Waals surface area contributed by atoms with E-state index in [1.54, 1.807) is 27.7 Å². The zero-order valence-corrected chi connectivity index (χ0v) is 19.3. The van der Waals surface area contributed by atoms with E-state index in [0.29, 0.717) is 0 Å². The van der Waals surface area contributed by atoms with Gasteiger partial charge in [0.15, 0.2) is 29.3 Å². The molecule has 0 radical (unpaired) electrons. The molecule has 2 rings (SSSR count). The van der Waals surface area contributed by atoms with E-state index in [1.807, 2.05) is 0 Å². The summed E-state index contributed by atoms with van der Waals surface area (Å²) < 4.78 is 21.3. The number of nitrogens with zero attached hydrogens (tertiary/aromatic N) is 1. The van der Waals surface area contributed by atoms with Gasteiger partial charge in [-0.05, 0) is 20.3 Å². The number of carbonyl (C=O) groups is 4. The minimum atomic E-state index is -1.38. The average Bonchev–Trinajstić information content (AvgIpc) is 2.80. The second-order valence-corrected chi connectivity index (χ2v) is 7.81. The van der Waals surface area contributed by atoms with Gasteiger partial charge in [0.25, 0.3) is 5.91 Å². The number of ether oxygens (including phenoxy) is 4. The molecule has 1 aliphatic heterocycles. The van der Waals surface area contributed by atoms with Crippen LogP contribution < -0.4 is 10.1 Å². The molecule has 1 unspecified atom stereocenters. The molecule has 2 heterocycles. The average molecular weight is 466 g/mol. The van der Waals surface area contributed by atoms with Crippen LogP contribution in [-0.4, -0.2) is 65.4 Å². The molecule has 0 saturated carbocycles. The number of esters is 3. The van der Waals surface area contributed by atoms with Gasteiger partial charge in [-0.3, -0.25) is 14.4 Å². The summed E-state index contributed by atoms with van der Waals surface area (Å²) in [5, 5.41) is 12.6. The molecule has 1 aromatic heterocycles. The predicted molar refractivity (Wildman–Crippen MR) is 113 cm³/mol. The molecule has 11 heteroatoms. The van der Waals surface area contributed by atoms with E-state index in [-0.39, 0.29) is 24.5 Å². The molecule has 0 bridgehead atoms. The standard InChI is InChI=1S/C22H30N2O9/c1-6-13-18(33-20(27)11(3)4)12(5)32-22(29)14(10-31-21(13)28)24-19(26)16-17(25)15(30-7-2)8-9-23-16/h8-9,11-14,18,25H,6-7,10H2,1-5H3,(H,24,26)/t12-,13+,14?,18-/m0/s1. The Bertz CT molecular complexity index is 887. The van der Waals surface area contributed by atoms with Crippen LogP contribution in [-0.2, 0) is 28.6 Å². The molecule has 1 aromatic rings. The van der Waals surface area contributed by atoms with Crippen molar-refractivity contribution in [3.63, 3.8) is 0 Å². The van der Waals surface area contributed by atoms with Crippen molar-refractivity contribution in [2.45, 2.75) is 59.3 Å². The van der Waals surface area contributed by atoms with Crippen molar-refractivity contribution >= 4 is 23.8 Å². The number of amides is 1. The van der Waals surface area contributed by atoms with E-state index >= 15 is 0 Å². The maximum Gasteiger partial charge on any atom is 0.332 e. The maximum atomic E-state index is 12.7. The fourth-order valence-corrected chi connectivity index (χ4v) is 3.18. The summed E-state index contributed by atoms with van der Waals surface area (Å²) in [6, 6.07) is 0.00877. The van der Waals surface area contributed by atoms with Crippen LogP contribution in [0.5, 0.6) is 11.5 Å². The SMILES string of the molecule is CCOc1ccnc(C(=O)NC2COC(=O)[C@H](CC)[C@@H](OC(=O)C(C)C)[C@H](C)OC2=O)c1O. The Kier molecular flexibility index (Phi) is 9.01. The molecule has 33 heavy (non-hydrogen) atoms. The fraction of sp³-hybridized carbons (Fsp3) is 0.591. The number of rotatable bonds is 7. The van der Waals surface area contributed by atoms with Gasteiger partial charge in [0.2, 0.25) is 0 Å². The first-order chi connectivity index (χ1) is 15.6. The molecule has 2 N–H and O–H groups in total. The lowest BCUT2D eigenvalue weighted by molar-refractivity contribution is -0.176. The van der Waals surface area contributed by atoms with E-state index < -0.39 is 66.3 Å². The van der Waals surface area contributed by atoms with E-state index in [9.17, 15) is 24.3 Å². The third-order valence-corrected chi connectivity index (χ3v) is 5.01. The Balaban J connectivity index is 2.24. The molecule has 0 aliphatic carbocycles. The summed E-state index contributed by atoms with van der Waals surface area (Å²) in [6.45, 7) is 7.94. The summed E-state index contributed by atoms with van der Waals surface area (Å²) in [5.74, 6) is -4.79. The molecule has 1 aliphatic rings. The van der Waals surface area contributed by atoms with E-state index in [0.717, 1.165) is 0 Å². The van der Waals surface area contributed by atoms with Crippen LogP contribution in [0.25, 0.3) is 0 Å². The van der Waals surface area contributed by atoms with Crippen LogP contribution in [0.2, 0.25) is 0 Å². The highest BCUT2D eigenvalue weighted by molar-refractivity contribution is 5.98. The lowest BCUT2D eigenvalue weighted by atomic mass is 9.95. The molecular formula is C22H30N2O9. The van der Waals surface area contributed by atoms with E-state index in [4.69, 9.17) is 18.9 Å². The Morgan fingerprint density at radius 1 is 1.27 bits per heavy atom. The summed E-state index contributed by atoms with van der Waals surface area (Å²) in [4.78, 5) is 54.1. The predicted octanol–water partition coefficient (Wildman–Crippen LogP) is 1.37. The van der Waals surface area contributed by atoms with Crippen molar-refractivity contribution in [3.05, 3.63) is 18.0 Å². The molecule has 182 valence electrons. The second kappa shape index (κ2) is 11.5. The van der Waals surface area contributed by atoms with Crippen LogP contribution in [0, 0.1) is 11.8 Å². The molecule has 0 spiro atoms. The normalized spacial score (nSPS) is 23.5. The van der Waals surface area contributed by atoms with Crippen molar-refractivity contribution in [2.75, 3.05) is 13.2 Å². The number of hydrogen-bond donors (Lipinski definition) is 2. The monoisotopic (exact) mass is 466 g/mol. The van der Waals surface area contributed by atoms with E-state index in [1.165, 1.54) is 19.2 Å². The summed E-state index contributed by atoms with van der Waals surface area (Å²) in [6.07, 6.45) is -0.495. The van der Waals surface area contributed by atoms with Gasteiger partial charge in [-0.15, -0.1) is 0 Å². The second-order valence-electron chi connectivity index (χ2n) is 7.81. The van der Waals surface area contributed by atoms with Gasteiger partial charge in [0, 0.05) is 12.3 Å². The van der Waals surface area contributed by atoms with Gasteiger partial charge in [-0.25, -0.2) is 9.78 Å².